The molecule has 3 nitrogen and oxygen atoms in total. The van der Waals surface area contributed by atoms with E-state index in [1.54, 1.807) is 0 Å². The lowest BCUT2D eigenvalue weighted by molar-refractivity contribution is -0.152. The molecule has 18 heavy (non-hydrogen) atoms. The van der Waals surface area contributed by atoms with Gasteiger partial charge in [0.05, 0.1) is 12.0 Å². The third-order valence-electron chi connectivity index (χ3n) is 3.00. The average Bonchev–Trinajstić information content (AvgIpc) is 2.25. The number of aliphatic hydroxyl groups is 1. The van der Waals surface area contributed by atoms with Crippen LogP contribution in [0.15, 0.2) is 0 Å². The molecular formula is C15H30O3. The van der Waals surface area contributed by atoms with Crippen molar-refractivity contribution in [2.45, 2.75) is 72.8 Å². The van der Waals surface area contributed by atoms with Gasteiger partial charge in [0.1, 0.15) is 6.61 Å². The Balaban J connectivity index is 3.99. The van der Waals surface area contributed by atoms with Crippen molar-refractivity contribution in [2.75, 3.05) is 6.61 Å². The lowest BCUT2D eigenvalue weighted by Crippen LogP contribution is -2.26. The van der Waals surface area contributed by atoms with E-state index in [4.69, 9.17) is 4.74 Å². The van der Waals surface area contributed by atoms with Gasteiger partial charge in [-0.15, -0.1) is 0 Å². The molecule has 3 heteroatoms. The molecule has 0 aromatic rings. The molecule has 0 radical (unpaired) electrons. The van der Waals surface area contributed by atoms with Crippen LogP contribution in [0.1, 0.15) is 66.7 Å². The Kier molecular flexibility index (Phi) is 8.25. The van der Waals surface area contributed by atoms with E-state index >= 15 is 0 Å². The maximum Gasteiger partial charge on any atom is 0.309 e. The molecule has 0 saturated carbocycles. The molecule has 0 aliphatic carbocycles. The third-order valence-corrected chi connectivity index (χ3v) is 3.00. The molecule has 0 rings (SSSR count). The van der Waals surface area contributed by atoms with Crippen LogP contribution in [0.25, 0.3) is 0 Å². The number of carbonyl (C=O) groups excluding carboxylic acids is 1. The number of hydrogen-bond acceptors (Lipinski definition) is 3. The van der Waals surface area contributed by atoms with Gasteiger partial charge in [0.15, 0.2) is 0 Å². The van der Waals surface area contributed by atoms with Crippen LogP contribution in [-0.4, -0.2) is 23.8 Å². The molecule has 0 saturated heterocycles. The maximum atomic E-state index is 11.8. The van der Waals surface area contributed by atoms with Crippen molar-refractivity contribution < 1.29 is 14.6 Å². The van der Waals surface area contributed by atoms with Gasteiger partial charge in [0.2, 0.25) is 0 Å². The van der Waals surface area contributed by atoms with E-state index in [9.17, 15) is 9.90 Å². The predicted octanol–water partition coefficient (Wildman–Crippen LogP) is 3.54. The van der Waals surface area contributed by atoms with Crippen molar-refractivity contribution in [2.24, 2.45) is 11.3 Å². The molecule has 2 atom stereocenters. The minimum absolute atomic E-state index is 0.00760. The smallest absolute Gasteiger partial charge is 0.309 e. The highest BCUT2D eigenvalue weighted by molar-refractivity contribution is 5.72. The van der Waals surface area contributed by atoms with Crippen LogP contribution in [0.2, 0.25) is 0 Å². The molecule has 0 bridgehead atoms. The summed E-state index contributed by atoms with van der Waals surface area (Å²) in [5.41, 5.74) is 0.0538. The molecule has 0 fully saturated rings. The van der Waals surface area contributed by atoms with Crippen LogP contribution in [0.4, 0.5) is 0 Å². The summed E-state index contributed by atoms with van der Waals surface area (Å²) in [5.74, 6) is -0.161. The van der Waals surface area contributed by atoms with E-state index in [1.165, 1.54) is 0 Å². The summed E-state index contributed by atoms with van der Waals surface area (Å²) in [6.45, 7) is 10.4. The fourth-order valence-electron chi connectivity index (χ4n) is 2.00. The summed E-state index contributed by atoms with van der Waals surface area (Å²) in [5, 5.41) is 9.79. The monoisotopic (exact) mass is 258 g/mol. The normalized spacial score (nSPS) is 15.2. The van der Waals surface area contributed by atoms with Crippen LogP contribution in [0.3, 0.4) is 0 Å². The standard InChI is InChI=1S/C15H30O3/c1-6-8-9-12(7-2)14(17)18-11-13(16)10-15(3,4)5/h12-13,16H,6-11H2,1-5H3. The first-order chi connectivity index (χ1) is 8.30. The Hall–Kier alpha value is -0.570. The predicted molar refractivity (Wildman–Crippen MR) is 74.3 cm³/mol. The van der Waals surface area contributed by atoms with Crippen LogP contribution in [-0.2, 0) is 9.53 Å². The molecule has 1 N–H and O–H groups in total. The van der Waals surface area contributed by atoms with Crippen LogP contribution < -0.4 is 0 Å². The Morgan fingerprint density at radius 3 is 2.33 bits per heavy atom. The summed E-state index contributed by atoms with van der Waals surface area (Å²) in [6, 6.07) is 0. The number of aliphatic hydroxyl groups excluding tert-OH is 1. The average molecular weight is 258 g/mol. The zero-order valence-corrected chi connectivity index (χ0v) is 12.7. The molecular weight excluding hydrogens is 228 g/mol. The van der Waals surface area contributed by atoms with Gasteiger partial charge >= 0.3 is 5.97 Å². The minimum atomic E-state index is -0.558. The number of esters is 1. The van der Waals surface area contributed by atoms with Crippen molar-refractivity contribution in [1.82, 2.24) is 0 Å². The van der Waals surface area contributed by atoms with Crippen molar-refractivity contribution in [3.05, 3.63) is 0 Å². The van der Waals surface area contributed by atoms with Gasteiger partial charge in [-0.2, -0.15) is 0 Å². The Bertz CT molecular complexity index is 230. The number of carbonyl (C=O) groups is 1. The molecule has 108 valence electrons. The number of hydrogen-bond donors (Lipinski definition) is 1. The van der Waals surface area contributed by atoms with E-state index in [0.29, 0.717) is 6.42 Å². The van der Waals surface area contributed by atoms with Gasteiger partial charge in [-0.25, -0.2) is 0 Å². The molecule has 0 aromatic carbocycles. The van der Waals surface area contributed by atoms with Gasteiger partial charge in [-0.3, -0.25) is 4.79 Å². The van der Waals surface area contributed by atoms with E-state index in [0.717, 1.165) is 25.7 Å². The number of unbranched alkanes of at least 4 members (excludes halogenated alkanes) is 1. The van der Waals surface area contributed by atoms with E-state index < -0.39 is 6.10 Å². The van der Waals surface area contributed by atoms with Gasteiger partial charge < -0.3 is 9.84 Å². The first kappa shape index (κ1) is 17.4. The van der Waals surface area contributed by atoms with E-state index in [2.05, 4.69) is 27.7 Å². The minimum Gasteiger partial charge on any atom is -0.463 e. The Morgan fingerprint density at radius 1 is 1.28 bits per heavy atom. The van der Waals surface area contributed by atoms with Gasteiger partial charge in [0, 0.05) is 0 Å². The highest BCUT2D eigenvalue weighted by atomic mass is 16.5. The molecule has 0 spiro atoms. The SMILES string of the molecule is CCCCC(CC)C(=O)OCC(O)CC(C)(C)C. The summed E-state index contributed by atoms with van der Waals surface area (Å²) >= 11 is 0. The van der Waals surface area contributed by atoms with E-state index in [1.807, 2.05) is 6.92 Å². The molecule has 2 unspecified atom stereocenters. The second-order valence-electron chi connectivity index (χ2n) is 6.30. The van der Waals surface area contributed by atoms with Crippen LogP contribution in [0, 0.1) is 11.3 Å². The van der Waals surface area contributed by atoms with Crippen LogP contribution >= 0.6 is 0 Å². The maximum absolute atomic E-state index is 11.8. The summed E-state index contributed by atoms with van der Waals surface area (Å²) in [7, 11) is 0. The molecule has 0 aliphatic heterocycles. The van der Waals surface area contributed by atoms with Gasteiger partial charge in [-0.05, 0) is 24.7 Å². The zero-order chi connectivity index (χ0) is 14.2. The lowest BCUT2D eigenvalue weighted by atomic mass is 9.89. The zero-order valence-electron chi connectivity index (χ0n) is 12.7. The van der Waals surface area contributed by atoms with Crippen molar-refractivity contribution in [3.8, 4) is 0 Å². The molecule has 0 heterocycles. The summed E-state index contributed by atoms with van der Waals surface area (Å²) in [6.07, 6.45) is 3.94. The lowest BCUT2D eigenvalue weighted by Gasteiger charge is -2.22. The van der Waals surface area contributed by atoms with Gasteiger partial charge in [-0.1, -0.05) is 47.5 Å². The first-order valence-corrected chi connectivity index (χ1v) is 7.14. The second kappa shape index (κ2) is 8.52. The van der Waals surface area contributed by atoms with Gasteiger partial charge in [0.25, 0.3) is 0 Å². The second-order valence-corrected chi connectivity index (χ2v) is 6.30. The fourth-order valence-corrected chi connectivity index (χ4v) is 2.00. The van der Waals surface area contributed by atoms with Crippen molar-refractivity contribution >= 4 is 5.97 Å². The molecule has 0 amide bonds. The fraction of sp³-hybridized carbons (Fsp3) is 0.933. The topological polar surface area (TPSA) is 46.5 Å². The van der Waals surface area contributed by atoms with Crippen molar-refractivity contribution in [1.29, 1.82) is 0 Å². The first-order valence-electron chi connectivity index (χ1n) is 7.14. The summed E-state index contributed by atoms with van der Waals surface area (Å²) < 4.78 is 5.21. The number of ether oxygens (including phenoxy) is 1. The molecule has 0 aromatic heterocycles. The molecule has 0 aliphatic rings. The Morgan fingerprint density at radius 2 is 1.89 bits per heavy atom. The Labute approximate surface area is 112 Å². The highest BCUT2D eigenvalue weighted by Gasteiger charge is 2.21. The number of rotatable bonds is 8. The highest BCUT2D eigenvalue weighted by Crippen LogP contribution is 2.21. The third kappa shape index (κ3) is 8.51. The quantitative estimate of drug-likeness (QED) is 0.677. The van der Waals surface area contributed by atoms with Crippen molar-refractivity contribution in [3.63, 3.8) is 0 Å². The van der Waals surface area contributed by atoms with E-state index in [-0.39, 0.29) is 23.9 Å². The summed E-state index contributed by atoms with van der Waals surface area (Å²) in [4.78, 5) is 11.8. The van der Waals surface area contributed by atoms with Crippen LogP contribution in [0.5, 0.6) is 0 Å². The largest absolute Gasteiger partial charge is 0.463 e.